The average Bonchev–Trinajstić information content (AvgIpc) is 3.37. The second-order valence-corrected chi connectivity index (χ2v) is 10.5. The molecule has 1 amide bonds. The van der Waals surface area contributed by atoms with Crippen LogP contribution in [0.5, 0.6) is 0 Å². The van der Waals surface area contributed by atoms with Crippen LogP contribution in [0.2, 0.25) is 4.34 Å². The van der Waals surface area contributed by atoms with E-state index in [1.807, 2.05) is 4.90 Å². The monoisotopic (exact) mass is 449 g/mol. The second-order valence-electron chi connectivity index (χ2n) is 8.77. The third-order valence-electron chi connectivity index (χ3n) is 6.58. The number of ketones is 1. The summed E-state index contributed by atoms with van der Waals surface area (Å²) in [6, 6.07) is 3.58. The van der Waals surface area contributed by atoms with Crippen LogP contribution >= 0.6 is 22.9 Å². The summed E-state index contributed by atoms with van der Waals surface area (Å²) in [7, 11) is 0. The molecular formula is C22H28ClN3O3S. The quantitative estimate of drug-likeness (QED) is 0.551. The van der Waals surface area contributed by atoms with Gasteiger partial charge in [-0.3, -0.25) is 9.59 Å². The van der Waals surface area contributed by atoms with Crippen LogP contribution in [0.4, 0.5) is 0 Å². The molecule has 1 saturated carbocycles. The average molecular weight is 450 g/mol. The molecule has 0 unspecified atom stereocenters. The van der Waals surface area contributed by atoms with Gasteiger partial charge in [0.15, 0.2) is 11.6 Å². The van der Waals surface area contributed by atoms with E-state index in [0.29, 0.717) is 41.0 Å². The fraction of sp³-hybridized carbons (Fsp3) is 0.636. The predicted molar refractivity (Wildman–Crippen MR) is 116 cm³/mol. The molecule has 162 valence electrons. The SMILES string of the molecule is Cc1nc(C2CCN(C(=O)CC3(CC(=O)c4ccc(Cl)s4)CCCCC3)CC2)no1. The molecule has 30 heavy (non-hydrogen) atoms. The van der Waals surface area contributed by atoms with Crippen molar-refractivity contribution in [1.82, 2.24) is 15.0 Å². The largest absolute Gasteiger partial charge is 0.343 e. The minimum absolute atomic E-state index is 0.118. The Morgan fingerprint density at radius 3 is 2.53 bits per heavy atom. The number of carbonyl (C=O) groups is 2. The Hall–Kier alpha value is -1.73. The van der Waals surface area contributed by atoms with Crippen LogP contribution in [-0.2, 0) is 4.79 Å². The van der Waals surface area contributed by atoms with Gasteiger partial charge in [0.1, 0.15) is 0 Å². The number of aryl methyl sites for hydroxylation is 1. The Bertz CT molecular complexity index is 895. The highest BCUT2D eigenvalue weighted by molar-refractivity contribution is 7.18. The van der Waals surface area contributed by atoms with E-state index in [-0.39, 0.29) is 23.0 Å². The van der Waals surface area contributed by atoms with E-state index in [0.717, 1.165) is 44.3 Å². The third kappa shape index (κ3) is 4.94. The first-order chi connectivity index (χ1) is 14.4. The normalized spacial score (nSPS) is 19.7. The van der Waals surface area contributed by atoms with E-state index in [9.17, 15) is 9.59 Å². The summed E-state index contributed by atoms with van der Waals surface area (Å²) in [5.74, 6) is 1.88. The van der Waals surface area contributed by atoms with Crippen molar-refractivity contribution in [1.29, 1.82) is 0 Å². The Morgan fingerprint density at radius 1 is 1.20 bits per heavy atom. The van der Waals surface area contributed by atoms with E-state index in [4.69, 9.17) is 16.1 Å². The predicted octanol–water partition coefficient (Wildman–Crippen LogP) is 5.41. The lowest BCUT2D eigenvalue weighted by Crippen LogP contribution is -2.41. The van der Waals surface area contributed by atoms with Gasteiger partial charge >= 0.3 is 0 Å². The zero-order chi connectivity index (χ0) is 21.1. The molecule has 1 aliphatic heterocycles. The molecule has 1 saturated heterocycles. The minimum atomic E-state index is -0.218. The summed E-state index contributed by atoms with van der Waals surface area (Å²) in [6.07, 6.45) is 7.86. The zero-order valence-electron chi connectivity index (χ0n) is 17.4. The lowest BCUT2D eigenvalue weighted by molar-refractivity contribution is -0.135. The summed E-state index contributed by atoms with van der Waals surface area (Å²) in [5, 5.41) is 4.04. The summed E-state index contributed by atoms with van der Waals surface area (Å²) in [6.45, 7) is 3.22. The number of Topliss-reactive ketones (excluding diaryl/α,β-unsaturated/α-hetero) is 1. The maximum Gasteiger partial charge on any atom is 0.223 e. The first-order valence-corrected chi connectivity index (χ1v) is 12.0. The van der Waals surface area contributed by atoms with Crippen LogP contribution < -0.4 is 0 Å². The molecule has 2 aliphatic rings. The third-order valence-corrected chi connectivity index (χ3v) is 7.85. The van der Waals surface area contributed by atoms with E-state index in [1.165, 1.54) is 17.8 Å². The highest BCUT2D eigenvalue weighted by atomic mass is 35.5. The molecule has 0 aromatic carbocycles. The highest BCUT2D eigenvalue weighted by Gasteiger charge is 2.38. The van der Waals surface area contributed by atoms with Gasteiger partial charge in [-0.15, -0.1) is 11.3 Å². The summed E-state index contributed by atoms with van der Waals surface area (Å²) >= 11 is 7.35. The number of piperidine rings is 1. The molecule has 0 bridgehead atoms. The molecule has 2 aromatic rings. The molecule has 2 aromatic heterocycles. The molecule has 0 spiro atoms. The first-order valence-electron chi connectivity index (χ1n) is 10.8. The van der Waals surface area contributed by atoms with E-state index in [1.54, 1.807) is 19.1 Å². The lowest BCUT2D eigenvalue weighted by Gasteiger charge is -2.39. The van der Waals surface area contributed by atoms with Crippen LogP contribution in [0, 0.1) is 12.3 Å². The Balaban J connectivity index is 1.38. The smallest absolute Gasteiger partial charge is 0.223 e. The molecule has 0 radical (unpaired) electrons. The maximum absolute atomic E-state index is 13.2. The number of halogens is 1. The van der Waals surface area contributed by atoms with Gasteiger partial charge in [0, 0.05) is 38.8 Å². The Labute approximate surface area is 186 Å². The number of amides is 1. The van der Waals surface area contributed by atoms with E-state index in [2.05, 4.69) is 10.1 Å². The number of hydrogen-bond donors (Lipinski definition) is 0. The lowest BCUT2D eigenvalue weighted by atomic mass is 9.68. The maximum atomic E-state index is 13.2. The molecule has 6 nitrogen and oxygen atoms in total. The number of aromatic nitrogens is 2. The Morgan fingerprint density at radius 2 is 1.93 bits per heavy atom. The Kier molecular flexibility index (Phi) is 6.58. The number of nitrogens with zero attached hydrogens (tertiary/aromatic N) is 3. The fourth-order valence-corrected chi connectivity index (χ4v) is 5.89. The van der Waals surface area contributed by atoms with Gasteiger partial charge in [-0.1, -0.05) is 36.0 Å². The van der Waals surface area contributed by atoms with Crippen LogP contribution in [0.3, 0.4) is 0 Å². The second kappa shape index (κ2) is 9.18. The van der Waals surface area contributed by atoms with Gasteiger partial charge in [-0.05, 0) is 43.2 Å². The number of hydrogen-bond acceptors (Lipinski definition) is 6. The van der Waals surface area contributed by atoms with Crippen LogP contribution in [0.25, 0.3) is 0 Å². The van der Waals surface area contributed by atoms with Gasteiger partial charge in [0.05, 0.1) is 9.21 Å². The molecular weight excluding hydrogens is 422 g/mol. The fourth-order valence-electron chi connectivity index (χ4n) is 4.91. The van der Waals surface area contributed by atoms with Crippen molar-refractivity contribution >= 4 is 34.6 Å². The standard InChI is InChI=1S/C22H28ClN3O3S/c1-15-24-21(25-29-15)16-7-11-26(12-8-16)20(28)14-22(9-3-2-4-10-22)13-17(27)18-5-6-19(23)30-18/h5-6,16H,2-4,7-14H2,1H3. The molecule has 2 fully saturated rings. The molecule has 4 rings (SSSR count). The molecule has 3 heterocycles. The van der Waals surface area contributed by atoms with Gasteiger partial charge < -0.3 is 9.42 Å². The minimum Gasteiger partial charge on any atom is -0.343 e. The van der Waals surface area contributed by atoms with Gasteiger partial charge in [-0.2, -0.15) is 4.98 Å². The molecule has 0 atom stereocenters. The first kappa shape index (κ1) is 21.5. The molecule has 1 aliphatic carbocycles. The van der Waals surface area contributed by atoms with Gasteiger partial charge in [-0.25, -0.2) is 0 Å². The molecule has 0 N–H and O–H groups in total. The van der Waals surface area contributed by atoms with E-state index >= 15 is 0 Å². The van der Waals surface area contributed by atoms with Crippen molar-refractivity contribution in [2.75, 3.05) is 13.1 Å². The van der Waals surface area contributed by atoms with Crippen molar-refractivity contribution < 1.29 is 14.1 Å². The topological polar surface area (TPSA) is 76.3 Å². The summed E-state index contributed by atoms with van der Waals surface area (Å²) in [4.78, 5) is 33.1. The summed E-state index contributed by atoms with van der Waals surface area (Å²) < 4.78 is 5.73. The summed E-state index contributed by atoms with van der Waals surface area (Å²) in [5.41, 5.74) is -0.218. The number of likely N-dealkylation sites (tertiary alicyclic amines) is 1. The number of carbonyl (C=O) groups excluding carboxylic acids is 2. The molecule has 8 heteroatoms. The zero-order valence-corrected chi connectivity index (χ0v) is 18.9. The van der Waals surface area contributed by atoms with Crippen molar-refractivity contribution in [3.8, 4) is 0 Å². The van der Waals surface area contributed by atoms with Crippen molar-refractivity contribution in [2.24, 2.45) is 5.41 Å². The van der Waals surface area contributed by atoms with Gasteiger partial charge in [0.25, 0.3) is 0 Å². The van der Waals surface area contributed by atoms with Crippen molar-refractivity contribution in [2.45, 2.75) is 70.6 Å². The van der Waals surface area contributed by atoms with Crippen LogP contribution in [0.1, 0.15) is 85.1 Å². The van der Waals surface area contributed by atoms with Crippen molar-refractivity contribution in [3.05, 3.63) is 33.1 Å². The number of thiophene rings is 1. The van der Waals surface area contributed by atoms with Crippen LogP contribution in [0.15, 0.2) is 16.7 Å². The van der Waals surface area contributed by atoms with Crippen LogP contribution in [-0.4, -0.2) is 39.8 Å². The number of rotatable bonds is 6. The van der Waals surface area contributed by atoms with Crippen molar-refractivity contribution in [3.63, 3.8) is 0 Å². The van der Waals surface area contributed by atoms with Gasteiger partial charge in [0.2, 0.25) is 11.8 Å². The highest BCUT2D eigenvalue weighted by Crippen LogP contribution is 2.44. The van der Waals surface area contributed by atoms with E-state index < -0.39 is 0 Å².